The van der Waals surface area contributed by atoms with Gasteiger partial charge in [0, 0.05) is 25.8 Å². The molecule has 2 amide bonds. The molecule has 0 saturated heterocycles. The summed E-state index contributed by atoms with van der Waals surface area (Å²) in [6.07, 6.45) is -3.67. The molecule has 1 aliphatic rings. The SMILES string of the molecule is CN(Cc1ccccc1C(F)(F)F)C(=O)N1CCc2ccccc21. The van der Waals surface area contributed by atoms with E-state index >= 15 is 0 Å². The lowest BCUT2D eigenvalue weighted by Gasteiger charge is -2.26. The van der Waals surface area contributed by atoms with Gasteiger partial charge in [0.05, 0.1) is 5.56 Å². The molecule has 24 heavy (non-hydrogen) atoms. The van der Waals surface area contributed by atoms with Crippen molar-refractivity contribution < 1.29 is 18.0 Å². The van der Waals surface area contributed by atoms with Crippen molar-refractivity contribution >= 4 is 11.7 Å². The Labute approximate surface area is 138 Å². The number of hydrogen-bond acceptors (Lipinski definition) is 1. The van der Waals surface area contributed by atoms with Gasteiger partial charge in [0.1, 0.15) is 0 Å². The number of halogens is 3. The highest BCUT2D eigenvalue weighted by atomic mass is 19.4. The molecule has 0 spiro atoms. The molecular weight excluding hydrogens is 317 g/mol. The average molecular weight is 334 g/mol. The fraction of sp³-hybridized carbons (Fsp3) is 0.278. The topological polar surface area (TPSA) is 23.6 Å². The Morgan fingerprint density at radius 3 is 2.54 bits per heavy atom. The average Bonchev–Trinajstić information content (AvgIpc) is 2.97. The van der Waals surface area contributed by atoms with Gasteiger partial charge in [-0.05, 0) is 29.7 Å². The molecule has 0 bridgehead atoms. The van der Waals surface area contributed by atoms with Gasteiger partial charge >= 0.3 is 12.2 Å². The van der Waals surface area contributed by atoms with Crippen molar-refractivity contribution in [1.82, 2.24) is 4.90 Å². The van der Waals surface area contributed by atoms with E-state index in [4.69, 9.17) is 0 Å². The Morgan fingerprint density at radius 2 is 1.79 bits per heavy atom. The highest BCUT2D eigenvalue weighted by Crippen LogP contribution is 2.33. The van der Waals surface area contributed by atoms with E-state index in [0.29, 0.717) is 6.54 Å². The van der Waals surface area contributed by atoms with Gasteiger partial charge in [0.2, 0.25) is 0 Å². The summed E-state index contributed by atoms with van der Waals surface area (Å²) in [6, 6.07) is 12.6. The molecule has 0 aliphatic carbocycles. The van der Waals surface area contributed by atoms with Gasteiger partial charge in [-0.1, -0.05) is 36.4 Å². The van der Waals surface area contributed by atoms with Crippen molar-refractivity contribution in [3.8, 4) is 0 Å². The molecule has 2 aromatic carbocycles. The number of benzene rings is 2. The predicted molar refractivity (Wildman–Crippen MR) is 85.8 cm³/mol. The van der Waals surface area contributed by atoms with Crippen LogP contribution in [0.15, 0.2) is 48.5 Å². The van der Waals surface area contributed by atoms with E-state index in [9.17, 15) is 18.0 Å². The van der Waals surface area contributed by atoms with Crippen LogP contribution in [0.25, 0.3) is 0 Å². The molecule has 3 rings (SSSR count). The van der Waals surface area contributed by atoms with E-state index in [1.165, 1.54) is 24.1 Å². The van der Waals surface area contributed by atoms with Crippen LogP contribution in [0.1, 0.15) is 16.7 Å². The second-order valence-corrected chi connectivity index (χ2v) is 5.82. The van der Waals surface area contributed by atoms with Crippen LogP contribution < -0.4 is 4.90 Å². The Balaban J connectivity index is 1.79. The zero-order valence-electron chi connectivity index (χ0n) is 13.2. The number of anilines is 1. The number of rotatable bonds is 2. The Hall–Kier alpha value is -2.50. The van der Waals surface area contributed by atoms with Crippen LogP contribution in [0, 0.1) is 0 Å². The molecule has 0 atom stereocenters. The molecule has 0 aromatic heterocycles. The zero-order valence-corrected chi connectivity index (χ0v) is 13.2. The molecule has 0 N–H and O–H groups in total. The molecule has 0 radical (unpaired) electrons. The number of urea groups is 1. The summed E-state index contributed by atoms with van der Waals surface area (Å²) in [5.41, 5.74) is 1.30. The standard InChI is InChI=1S/C18H17F3N2O/c1-22(12-14-7-2-4-8-15(14)18(19,20)21)17(24)23-11-10-13-6-3-5-9-16(13)23/h2-9H,10-12H2,1H3. The maximum Gasteiger partial charge on any atom is 0.416 e. The second kappa shape index (κ2) is 6.19. The van der Waals surface area contributed by atoms with E-state index in [-0.39, 0.29) is 18.1 Å². The van der Waals surface area contributed by atoms with E-state index in [1.54, 1.807) is 11.0 Å². The van der Waals surface area contributed by atoms with Gasteiger partial charge in [0.25, 0.3) is 0 Å². The number of nitrogens with zero attached hydrogens (tertiary/aromatic N) is 2. The molecule has 0 unspecified atom stereocenters. The highest BCUT2D eigenvalue weighted by molar-refractivity contribution is 5.94. The van der Waals surface area contributed by atoms with Crippen molar-refractivity contribution in [3.63, 3.8) is 0 Å². The van der Waals surface area contributed by atoms with Crippen LogP contribution >= 0.6 is 0 Å². The first-order chi connectivity index (χ1) is 11.4. The number of alkyl halides is 3. The van der Waals surface area contributed by atoms with Crippen LogP contribution in [0.3, 0.4) is 0 Å². The van der Waals surface area contributed by atoms with E-state index < -0.39 is 11.7 Å². The molecule has 3 nitrogen and oxygen atoms in total. The van der Waals surface area contributed by atoms with Crippen molar-refractivity contribution in [2.75, 3.05) is 18.5 Å². The molecule has 126 valence electrons. The summed E-state index contributed by atoms with van der Waals surface area (Å²) < 4.78 is 39.3. The predicted octanol–water partition coefficient (Wildman–Crippen LogP) is 4.32. The number of hydrogen-bond donors (Lipinski definition) is 0. The lowest BCUT2D eigenvalue weighted by atomic mass is 10.1. The summed E-state index contributed by atoms with van der Waals surface area (Å²) in [4.78, 5) is 15.6. The summed E-state index contributed by atoms with van der Waals surface area (Å²) in [5.74, 6) is 0. The maximum absolute atomic E-state index is 13.1. The Morgan fingerprint density at radius 1 is 1.12 bits per heavy atom. The minimum absolute atomic E-state index is 0.0901. The van der Waals surface area contributed by atoms with Crippen LogP contribution in [0.4, 0.5) is 23.7 Å². The van der Waals surface area contributed by atoms with Crippen molar-refractivity contribution in [1.29, 1.82) is 0 Å². The molecule has 1 aliphatic heterocycles. The third-order valence-corrected chi connectivity index (χ3v) is 4.17. The smallest absolute Gasteiger partial charge is 0.323 e. The Kier molecular flexibility index (Phi) is 4.22. The van der Waals surface area contributed by atoms with Crippen LogP contribution in [0.2, 0.25) is 0 Å². The van der Waals surface area contributed by atoms with E-state index in [2.05, 4.69) is 0 Å². The minimum atomic E-state index is -4.43. The van der Waals surface area contributed by atoms with Crippen molar-refractivity contribution in [3.05, 3.63) is 65.2 Å². The first-order valence-electron chi connectivity index (χ1n) is 7.63. The van der Waals surface area contributed by atoms with Crippen LogP contribution in [0.5, 0.6) is 0 Å². The van der Waals surface area contributed by atoms with Crippen LogP contribution in [-0.2, 0) is 19.1 Å². The summed E-state index contributed by atoms with van der Waals surface area (Å²) >= 11 is 0. The molecule has 2 aromatic rings. The fourth-order valence-corrected chi connectivity index (χ4v) is 3.00. The second-order valence-electron chi connectivity index (χ2n) is 5.82. The van der Waals surface area contributed by atoms with Gasteiger partial charge < -0.3 is 4.90 Å². The van der Waals surface area contributed by atoms with Gasteiger partial charge in [-0.25, -0.2) is 4.79 Å². The molecule has 0 saturated carbocycles. The molecule has 1 heterocycles. The zero-order chi connectivity index (χ0) is 17.3. The molecule has 0 fully saturated rings. The van der Waals surface area contributed by atoms with Crippen molar-refractivity contribution in [2.45, 2.75) is 19.1 Å². The van der Waals surface area contributed by atoms with Gasteiger partial charge in [-0.2, -0.15) is 13.2 Å². The van der Waals surface area contributed by atoms with Gasteiger partial charge in [-0.15, -0.1) is 0 Å². The highest BCUT2D eigenvalue weighted by Gasteiger charge is 2.34. The molecular formula is C18H17F3N2O. The number of para-hydroxylation sites is 1. The first-order valence-corrected chi connectivity index (χ1v) is 7.63. The van der Waals surface area contributed by atoms with Crippen molar-refractivity contribution in [2.24, 2.45) is 0 Å². The molecule has 6 heteroatoms. The van der Waals surface area contributed by atoms with Crippen LogP contribution in [-0.4, -0.2) is 24.5 Å². The Bertz CT molecular complexity index is 758. The fourth-order valence-electron chi connectivity index (χ4n) is 3.00. The maximum atomic E-state index is 13.1. The van der Waals surface area contributed by atoms with Gasteiger partial charge in [-0.3, -0.25) is 4.90 Å². The monoisotopic (exact) mass is 334 g/mol. The van der Waals surface area contributed by atoms with E-state index in [1.807, 2.05) is 24.3 Å². The summed E-state index contributed by atoms with van der Waals surface area (Å²) in [6.45, 7) is 0.455. The summed E-state index contributed by atoms with van der Waals surface area (Å²) in [7, 11) is 1.52. The number of carbonyl (C=O) groups is 1. The minimum Gasteiger partial charge on any atom is -0.323 e. The third-order valence-electron chi connectivity index (χ3n) is 4.17. The van der Waals surface area contributed by atoms with E-state index in [0.717, 1.165) is 23.7 Å². The number of carbonyl (C=O) groups excluding carboxylic acids is 1. The summed E-state index contributed by atoms with van der Waals surface area (Å²) in [5, 5.41) is 0. The number of amides is 2. The lowest BCUT2D eigenvalue weighted by Crippen LogP contribution is -2.40. The largest absolute Gasteiger partial charge is 0.416 e. The normalized spacial score (nSPS) is 13.8. The number of fused-ring (bicyclic) bond motifs is 1. The quantitative estimate of drug-likeness (QED) is 0.802. The first kappa shape index (κ1) is 16.4. The van der Waals surface area contributed by atoms with Gasteiger partial charge in [0.15, 0.2) is 0 Å². The third kappa shape index (κ3) is 3.09. The lowest BCUT2D eigenvalue weighted by molar-refractivity contribution is -0.138.